The van der Waals surface area contributed by atoms with Crippen LogP contribution in [0.1, 0.15) is 34.3 Å². The number of amides is 1. The van der Waals surface area contributed by atoms with E-state index in [1.807, 2.05) is 53.5 Å². The summed E-state index contributed by atoms with van der Waals surface area (Å²) in [6.45, 7) is 2.53. The first-order valence-corrected chi connectivity index (χ1v) is 10.3. The maximum absolute atomic E-state index is 12.9. The molecule has 156 valence electrons. The highest BCUT2D eigenvalue weighted by Gasteiger charge is 2.17. The average molecular weight is 405 g/mol. The molecular formula is C24H27N3O3. The SMILES string of the molecule is CN(Cc1cnn(Cc2ccccc2)c1)C(=O)c1cccc(OCC2CCCO2)c1. The van der Waals surface area contributed by atoms with E-state index in [0.29, 0.717) is 31.0 Å². The number of aromatic nitrogens is 2. The molecular weight excluding hydrogens is 378 g/mol. The summed E-state index contributed by atoms with van der Waals surface area (Å²) in [5, 5.41) is 4.42. The number of rotatable bonds is 8. The van der Waals surface area contributed by atoms with Gasteiger partial charge in [0.2, 0.25) is 0 Å². The third-order valence-electron chi connectivity index (χ3n) is 5.18. The zero-order valence-electron chi connectivity index (χ0n) is 17.2. The van der Waals surface area contributed by atoms with Gasteiger partial charge in [0, 0.05) is 37.5 Å². The van der Waals surface area contributed by atoms with Crippen LogP contribution in [0.25, 0.3) is 0 Å². The molecule has 0 radical (unpaired) electrons. The van der Waals surface area contributed by atoms with Gasteiger partial charge < -0.3 is 14.4 Å². The minimum absolute atomic E-state index is 0.0478. The summed E-state index contributed by atoms with van der Waals surface area (Å²) in [5.74, 6) is 0.647. The first-order valence-electron chi connectivity index (χ1n) is 10.3. The maximum Gasteiger partial charge on any atom is 0.254 e. The van der Waals surface area contributed by atoms with Crippen LogP contribution in [0.15, 0.2) is 67.0 Å². The van der Waals surface area contributed by atoms with Crippen molar-refractivity contribution in [3.05, 3.63) is 83.7 Å². The molecule has 6 heteroatoms. The predicted octanol–water partition coefficient (Wildman–Crippen LogP) is 3.76. The number of ether oxygens (including phenoxy) is 2. The van der Waals surface area contributed by atoms with Crippen LogP contribution in [0.5, 0.6) is 5.75 Å². The molecule has 30 heavy (non-hydrogen) atoms. The summed E-state index contributed by atoms with van der Waals surface area (Å²) in [6.07, 6.45) is 6.06. The van der Waals surface area contributed by atoms with Crippen LogP contribution < -0.4 is 4.74 Å². The lowest BCUT2D eigenvalue weighted by atomic mass is 10.2. The Bertz CT molecular complexity index is 965. The molecule has 2 aromatic carbocycles. The van der Waals surface area contributed by atoms with Crippen molar-refractivity contribution in [1.29, 1.82) is 0 Å². The Morgan fingerprint density at radius 3 is 2.87 bits per heavy atom. The van der Waals surface area contributed by atoms with Crippen molar-refractivity contribution in [2.24, 2.45) is 0 Å². The second kappa shape index (κ2) is 9.59. The van der Waals surface area contributed by atoms with Gasteiger partial charge in [-0.3, -0.25) is 9.48 Å². The molecule has 0 N–H and O–H groups in total. The molecule has 1 amide bonds. The van der Waals surface area contributed by atoms with Gasteiger partial charge in [-0.05, 0) is 36.6 Å². The number of hydrogen-bond acceptors (Lipinski definition) is 4. The van der Waals surface area contributed by atoms with Crippen molar-refractivity contribution in [2.75, 3.05) is 20.3 Å². The van der Waals surface area contributed by atoms with Gasteiger partial charge in [-0.25, -0.2) is 0 Å². The Balaban J connectivity index is 1.34. The lowest BCUT2D eigenvalue weighted by Crippen LogP contribution is -2.26. The monoisotopic (exact) mass is 405 g/mol. The third kappa shape index (κ3) is 5.27. The number of hydrogen-bond donors (Lipinski definition) is 0. The molecule has 1 fully saturated rings. The van der Waals surface area contributed by atoms with Gasteiger partial charge in [-0.15, -0.1) is 0 Å². The van der Waals surface area contributed by atoms with Gasteiger partial charge >= 0.3 is 0 Å². The van der Waals surface area contributed by atoms with E-state index in [0.717, 1.165) is 25.0 Å². The molecule has 0 spiro atoms. The van der Waals surface area contributed by atoms with Gasteiger partial charge in [0.15, 0.2) is 0 Å². The zero-order chi connectivity index (χ0) is 20.8. The summed E-state index contributed by atoms with van der Waals surface area (Å²) in [7, 11) is 1.80. The number of carbonyl (C=O) groups is 1. The van der Waals surface area contributed by atoms with Crippen LogP contribution in [0.3, 0.4) is 0 Å². The highest BCUT2D eigenvalue weighted by atomic mass is 16.5. The molecule has 1 aliphatic heterocycles. The largest absolute Gasteiger partial charge is 0.491 e. The van der Waals surface area contributed by atoms with Crippen molar-refractivity contribution >= 4 is 5.91 Å². The summed E-state index contributed by atoms with van der Waals surface area (Å²) >= 11 is 0. The van der Waals surface area contributed by atoms with E-state index in [1.165, 1.54) is 5.56 Å². The lowest BCUT2D eigenvalue weighted by molar-refractivity contribution is 0.0678. The first-order chi connectivity index (χ1) is 14.7. The standard InChI is InChI=1S/C24H27N3O3/c1-26(15-20-14-25-27(17-20)16-19-7-3-2-4-8-19)24(28)21-9-5-10-22(13-21)30-18-23-11-6-12-29-23/h2-5,7-10,13-14,17,23H,6,11-12,15-16,18H2,1H3. The highest BCUT2D eigenvalue weighted by Crippen LogP contribution is 2.18. The fourth-order valence-corrected chi connectivity index (χ4v) is 3.59. The summed E-state index contributed by atoms with van der Waals surface area (Å²) in [6, 6.07) is 17.5. The molecule has 0 aliphatic carbocycles. The molecule has 1 unspecified atom stereocenters. The van der Waals surface area contributed by atoms with Gasteiger partial charge in [-0.1, -0.05) is 36.4 Å². The Kier molecular flexibility index (Phi) is 6.44. The molecule has 1 aliphatic rings. The van der Waals surface area contributed by atoms with E-state index in [9.17, 15) is 4.79 Å². The quantitative estimate of drug-likeness (QED) is 0.573. The van der Waals surface area contributed by atoms with Crippen molar-refractivity contribution in [3.63, 3.8) is 0 Å². The molecule has 0 bridgehead atoms. The highest BCUT2D eigenvalue weighted by molar-refractivity contribution is 5.94. The minimum Gasteiger partial charge on any atom is -0.491 e. The van der Waals surface area contributed by atoms with Crippen molar-refractivity contribution in [2.45, 2.75) is 32.0 Å². The summed E-state index contributed by atoms with van der Waals surface area (Å²) in [4.78, 5) is 14.6. The molecule has 1 atom stereocenters. The van der Waals surface area contributed by atoms with Crippen LogP contribution in [0.4, 0.5) is 0 Å². The molecule has 3 aromatic rings. The zero-order valence-corrected chi connectivity index (χ0v) is 17.2. The van der Waals surface area contributed by atoms with E-state index in [1.54, 1.807) is 18.0 Å². The van der Waals surface area contributed by atoms with Crippen LogP contribution in [-0.4, -0.2) is 47.0 Å². The van der Waals surface area contributed by atoms with Gasteiger partial charge in [0.25, 0.3) is 5.91 Å². The number of benzene rings is 2. The molecule has 1 saturated heterocycles. The number of carbonyl (C=O) groups excluding carboxylic acids is 1. The second-order valence-electron chi connectivity index (χ2n) is 7.67. The van der Waals surface area contributed by atoms with E-state index in [2.05, 4.69) is 17.2 Å². The van der Waals surface area contributed by atoms with Crippen LogP contribution >= 0.6 is 0 Å². The minimum atomic E-state index is -0.0478. The van der Waals surface area contributed by atoms with E-state index in [4.69, 9.17) is 9.47 Å². The molecule has 0 saturated carbocycles. The average Bonchev–Trinajstić information content (AvgIpc) is 3.45. The van der Waals surface area contributed by atoms with E-state index in [-0.39, 0.29) is 12.0 Å². The third-order valence-corrected chi connectivity index (χ3v) is 5.18. The lowest BCUT2D eigenvalue weighted by Gasteiger charge is -2.17. The van der Waals surface area contributed by atoms with E-state index < -0.39 is 0 Å². The van der Waals surface area contributed by atoms with Crippen LogP contribution in [-0.2, 0) is 17.8 Å². The van der Waals surface area contributed by atoms with Crippen LogP contribution in [0, 0.1) is 0 Å². The van der Waals surface area contributed by atoms with Gasteiger partial charge in [0.1, 0.15) is 12.4 Å². The normalized spacial score (nSPS) is 15.8. The first kappa shape index (κ1) is 20.2. The molecule has 4 rings (SSSR count). The van der Waals surface area contributed by atoms with E-state index >= 15 is 0 Å². The van der Waals surface area contributed by atoms with Crippen molar-refractivity contribution in [1.82, 2.24) is 14.7 Å². The second-order valence-corrected chi connectivity index (χ2v) is 7.67. The van der Waals surface area contributed by atoms with Gasteiger partial charge in [0.05, 0.1) is 18.8 Å². The Hall–Kier alpha value is -3.12. The summed E-state index contributed by atoms with van der Waals surface area (Å²) < 4.78 is 13.3. The Morgan fingerprint density at radius 2 is 2.07 bits per heavy atom. The topological polar surface area (TPSA) is 56.6 Å². The Morgan fingerprint density at radius 1 is 1.20 bits per heavy atom. The van der Waals surface area contributed by atoms with Gasteiger partial charge in [-0.2, -0.15) is 5.10 Å². The Labute approximate surface area is 177 Å². The van der Waals surface area contributed by atoms with Crippen molar-refractivity contribution < 1.29 is 14.3 Å². The molecule has 1 aromatic heterocycles. The summed E-state index contributed by atoms with van der Waals surface area (Å²) in [5.41, 5.74) is 2.79. The van der Waals surface area contributed by atoms with Crippen molar-refractivity contribution in [3.8, 4) is 5.75 Å². The predicted molar refractivity (Wildman–Crippen MR) is 114 cm³/mol. The number of nitrogens with zero attached hydrogens (tertiary/aromatic N) is 3. The fourth-order valence-electron chi connectivity index (χ4n) is 3.59. The van der Waals surface area contributed by atoms with Crippen LogP contribution in [0.2, 0.25) is 0 Å². The fraction of sp³-hybridized carbons (Fsp3) is 0.333. The smallest absolute Gasteiger partial charge is 0.254 e. The maximum atomic E-state index is 12.9. The molecule has 6 nitrogen and oxygen atoms in total. The molecule has 2 heterocycles.